The first-order valence-corrected chi connectivity index (χ1v) is 6.94. The van der Waals surface area contributed by atoms with Crippen LogP contribution in [0.4, 0.5) is 0 Å². The van der Waals surface area contributed by atoms with E-state index in [1.165, 1.54) is 0 Å². The number of benzene rings is 1. The van der Waals surface area contributed by atoms with E-state index in [2.05, 4.69) is 5.32 Å². The summed E-state index contributed by atoms with van der Waals surface area (Å²) in [5.74, 6) is 0.00451. The Hall–Kier alpha value is -0.420. The molecule has 1 aliphatic rings. The van der Waals surface area contributed by atoms with E-state index < -0.39 is 12.0 Å². The molecular formula is C11H11Cl2NO2S. The zero-order valence-electron chi connectivity index (χ0n) is 8.82. The van der Waals surface area contributed by atoms with E-state index in [-0.39, 0.29) is 5.37 Å². The van der Waals surface area contributed by atoms with Gasteiger partial charge in [0.15, 0.2) is 0 Å². The van der Waals surface area contributed by atoms with E-state index in [1.54, 1.807) is 23.9 Å². The Kier molecular flexibility index (Phi) is 4.20. The van der Waals surface area contributed by atoms with Gasteiger partial charge in [-0.25, -0.2) is 0 Å². The molecule has 0 aromatic heterocycles. The molecule has 0 saturated carbocycles. The van der Waals surface area contributed by atoms with Gasteiger partial charge in [0.2, 0.25) is 0 Å². The second-order valence-electron chi connectivity index (χ2n) is 3.77. The summed E-state index contributed by atoms with van der Waals surface area (Å²) in [5.41, 5.74) is 0.954. The van der Waals surface area contributed by atoms with E-state index >= 15 is 0 Å². The topological polar surface area (TPSA) is 49.3 Å². The van der Waals surface area contributed by atoms with Gasteiger partial charge in [0.1, 0.15) is 6.04 Å². The largest absolute Gasteiger partial charge is 0.480 e. The molecule has 0 amide bonds. The number of aliphatic carboxylic acids is 1. The van der Waals surface area contributed by atoms with Crippen LogP contribution in [0.2, 0.25) is 10.0 Å². The van der Waals surface area contributed by atoms with Crippen molar-refractivity contribution in [2.45, 2.75) is 17.8 Å². The zero-order valence-corrected chi connectivity index (χ0v) is 11.1. The van der Waals surface area contributed by atoms with Crippen molar-refractivity contribution < 1.29 is 9.90 Å². The molecule has 0 spiro atoms. The highest BCUT2D eigenvalue weighted by Gasteiger charge is 2.27. The van der Waals surface area contributed by atoms with Crippen LogP contribution in [0.15, 0.2) is 18.2 Å². The maximum absolute atomic E-state index is 10.9. The molecule has 1 heterocycles. The second-order valence-corrected chi connectivity index (χ2v) is 5.80. The number of nitrogens with one attached hydrogen (secondary N) is 1. The number of thioether (sulfide) groups is 1. The first-order valence-electron chi connectivity index (χ1n) is 5.13. The predicted octanol–water partition coefficient (Wildman–Crippen LogP) is 3.17. The lowest BCUT2D eigenvalue weighted by Gasteiger charge is -2.28. The fourth-order valence-corrected chi connectivity index (χ4v) is 3.19. The quantitative estimate of drug-likeness (QED) is 0.879. The standard InChI is InChI=1S/C11H11Cl2NO2S/c12-7-2-1-6(5-8(7)13)10-14-9(11(15)16)3-4-17-10/h1-2,5,9-10,14H,3-4H2,(H,15,16). The fourth-order valence-electron chi connectivity index (χ4n) is 1.68. The Balaban J connectivity index is 2.16. The van der Waals surface area contributed by atoms with Gasteiger partial charge in [-0.2, -0.15) is 0 Å². The summed E-state index contributed by atoms with van der Waals surface area (Å²) in [6, 6.07) is 4.88. The Morgan fingerprint density at radius 2 is 2.18 bits per heavy atom. The van der Waals surface area contributed by atoms with Gasteiger partial charge in [0.05, 0.1) is 15.4 Å². The van der Waals surface area contributed by atoms with Gasteiger partial charge in [-0.15, -0.1) is 11.8 Å². The van der Waals surface area contributed by atoms with Gasteiger partial charge in [0, 0.05) is 0 Å². The van der Waals surface area contributed by atoms with Crippen LogP contribution in [0.5, 0.6) is 0 Å². The van der Waals surface area contributed by atoms with Gasteiger partial charge >= 0.3 is 5.97 Å². The normalized spacial score (nSPS) is 24.6. The molecule has 0 radical (unpaired) electrons. The third-order valence-electron chi connectivity index (χ3n) is 2.59. The van der Waals surface area contributed by atoms with Crippen molar-refractivity contribution in [2.75, 3.05) is 5.75 Å². The van der Waals surface area contributed by atoms with E-state index in [4.69, 9.17) is 28.3 Å². The van der Waals surface area contributed by atoms with Crippen LogP contribution in [0.1, 0.15) is 17.4 Å². The van der Waals surface area contributed by atoms with E-state index in [1.807, 2.05) is 6.07 Å². The van der Waals surface area contributed by atoms with Gasteiger partial charge in [-0.1, -0.05) is 29.3 Å². The van der Waals surface area contributed by atoms with Crippen LogP contribution < -0.4 is 5.32 Å². The van der Waals surface area contributed by atoms with Crippen LogP contribution in [0.3, 0.4) is 0 Å². The average Bonchev–Trinajstić information content (AvgIpc) is 2.33. The van der Waals surface area contributed by atoms with Crippen LogP contribution in [0.25, 0.3) is 0 Å². The molecule has 6 heteroatoms. The molecular weight excluding hydrogens is 281 g/mol. The fraction of sp³-hybridized carbons (Fsp3) is 0.364. The highest BCUT2D eigenvalue weighted by molar-refractivity contribution is 7.99. The van der Waals surface area contributed by atoms with Crippen molar-refractivity contribution in [3.8, 4) is 0 Å². The van der Waals surface area contributed by atoms with Crippen molar-refractivity contribution in [2.24, 2.45) is 0 Å². The number of halogens is 2. The summed E-state index contributed by atoms with van der Waals surface area (Å²) in [5, 5.41) is 13.0. The molecule has 2 unspecified atom stereocenters. The van der Waals surface area contributed by atoms with Gasteiger partial charge in [0.25, 0.3) is 0 Å². The lowest BCUT2D eigenvalue weighted by Crippen LogP contribution is -2.41. The smallest absolute Gasteiger partial charge is 0.320 e. The van der Waals surface area contributed by atoms with Crippen molar-refractivity contribution in [3.63, 3.8) is 0 Å². The number of hydrogen-bond donors (Lipinski definition) is 2. The minimum atomic E-state index is -0.810. The number of carbonyl (C=O) groups is 1. The molecule has 1 fully saturated rings. The van der Waals surface area contributed by atoms with E-state index in [0.717, 1.165) is 11.3 Å². The average molecular weight is 292 g/mol. The van der Waals surface area contributed by atoms with Crippen LogP contribution in [0, 0.1) is 0 Å². The van der Waals surface area contributed by atoms with Crippen molar-refractivity contribution >= 4 is 40.9 Å². The molecule has 17 heavy (non-hydrogen) atoms. The number of hydrogen-bond acceptors (Lipinski definition) is 3. The molecule has 1 aliphatic heterocycles. The Labute approximate surface area is 113 Å². The summed E-state index contributed by atoms with van der Waals surface area (Å²) in [6.07, 6.45) is 0.637. The number of carboxylic acid groups (broad SMARTS) is 1. The molecule has 2 N–H and O–H groups in total. The monoisotopic (exact) mass is 291 g/mol. The Morgan fingerprint density at radius 3 is 2.82 bits per heavy atom. The third-order valence-corrected chi connectivity index (χ3v) is 4.54. The predicted molar refractivity (Wildman–Crippen MR) is 70.8 cm³/mol. The summed E-state index contributed by atoms with van der Waals surface area (Å²) in [7, 11) is 0. The molecule has 1 aromatic carbocycles. The molecule has 2 atom stereocenters. The highest BCUT2D eigenvalue weighted by Crippen LogP contribution is 2.34. The van der Waals surface area contributed by atoms with Crippen molar-refractivity contribution in [1.82, 2.24) is 5.32 Å². The molecule has 2 rings (SSSR count). The lowest BCUT2D eigenvalue weighted by molar-refractivity contribution is -0.139. The second kappa shape index (κ2) is 5.48. The van der Waals surface area contributed by atoms with Gasteiger partial charge < -0.3 is 5.11 Å². The van der Waals surface area contributed by atoms with Crippen LogP contribution in [-0.4, -0.2) is 22.9 Å². The first kappa shape index (κ1) is 13.0. The number of rotatable bonds is 2. The third kappa shape index (κ3) is 3.07. The summed E-state index contributed by atoms with van der Waals surface area (Å²) < 4.78 is 0. The SMILES string of the molecule is O=C(O)C1CCSC(c2ccc(Cl)c(Cl)c2)N1. The summed E-state index contributed by atoms with van der Waals surface area (Å²) >= 11 is 13.5. The van der Waals surface area contributed by atoms with E-state index in [0.29, 0.717) is 16.5 Å². The van der Waals surface area contributed by atoms with E-state index in [9.17, 15) is 4.79 Å². The molecule has 0 bridgehead atoms. The molecule has 92 valence electrons. The number of carboxylic acids is 1. The Morgan fingerprint density at radius 1 is 1.41 bits per heavy atom. The highest BCUT2D eigenvalue weighted by atomic mass is 35.5. The summed E-state index contributed by atoms with van der Waals surface area (Å²) in [6.45, 7) is 0. The van der Waals surface area contributed by atoms with Crippen molar-refractivity contribution in [3.05, 3.63) is 33.8 Å². The van der Waals surface area contributed by atoms with Crippen LogP contribution >= 0.6 is 35.0 Å². The van der Waals surface area contributed by atoms with Gasteiger partial charge in [-0.05, 0) is 29.9 Å². The van der Waals surface area contributed by atoms with Gasteiger partial charge in [-0.3, -0.25) is 10.1 Å². The first-order chi connectivity index (χ1) is 8.08. The maximum Gasteiger partial charge on any atom is 0.320 e. The zero-order chi connectivity index (χ0) is 12.4. The Bertz CT molecular complexity index is 441. The summed E-state index contributed by atoms with van der Waals surface area (Å²) in [4.78, 5) is 10.9. The molecule has 3 nitrogen and oxygen atoms in total. The minimum Gasteiger partial charge on any atom is -0.480 e. The minimum absolute atomic E-state index is 0.0420. The maximum atomic E-state index is 10.9. The molecule has 0 aliphatic carbocycles. The van der Waals surface area contributed by atoms with Crippen LogP contribution in [-0.2, 0) is 4.79 Å². The molecule has 1 saturated heterocycles. The van der Waals surface area contributed by atoms with Crippen molar-refractivity contribution in [1.29, 1.82) is 0 Å². The lowest BCUT2D eigenvalue weighted by atomic mass is 10.1. The molecule has 1 aromatic rings.